The van der Waals surface area contributed by atoms with Crippen molar-refractivity contribution in [1.29, 1.82) is 0 Å². The molecule has 3 rings (SSSR count). The molecule has 1 amide bonds. The predicted molar refractivity (Wildman–Crippen MR) is 97.1 cm³/mol. The fourth-order valence-corrected chi connectivity index (χ4v) is 2.41. The summed E-state index contributed by atoms with van der Waals surface area (Å²) in [4.78, 5) is 24.6. The van der Waals surface area contributed by atoms with E-state index >= 15 is 0 Å². The first kappa shape index (κ1) is 17.4. The number of benzene rings is 3. The minimum atomic E-state index is -0.601. The van der Waals surface area contributed by atoms with Crippen molar-refractivity contribution < 1.29 is 18.7 Å². The van der Waals surface area contributed by atoms with Gasteiger partial charge in [-0.1, -0.05) is 42.5 Å². The first-order valence-electron chi connectivity index (χ1n) is 8.01. The first-order valence-corrected chi connectivity index (χ1v) is 8.01. The van der Waals surface area contributed by atoms with Crippen LogP contribution in [0.15, 0.2) is 78.9 Å². The van der Waals surface area contributed by atoms with Gasteiger partial charge in [0.05, 0.1) is 11.1 Å². The summed E-state index contributed by atoms with van der Waals surface area (Å²) in [6.45, 7) is -0.365. The van der Waals surface area contributed by atoms with Crippen LogP contribution in [0.4, 0.5) is 10.1 Å². The SMILES string of the molecule is O=C(COc1ccccc1C(=O)Nc1ccccc1)c1ccccc1F. The van der Waals surface area contributed by atoms with E-state index in [0.717, 1.165) is 0 Å². The van der Waals surface area contributed by atoms with Gasteiger partial charge < -0.3 is 10.1 Å². The Morgan fingerprint density at radius 2 is 1.42 bits per heavy atom. The second-order valence-corrected chi connectivity index (χ2v) is 5.51. The summed E-state index contributed by atoms with van der Waals surface area (Å²) in [6.07, 6.45) is 0. The third-order valence-electron chi connectivity index (χ3n) is 3.70. The molecule has 3 aromatic carbocycles. The van der Waals surface area contributed by atoms with Crippen molar-refractivity contribution in [3.63, 3.8) is 0 Å². The summed E-state index contributed by atoms with van der Waals surface area (Å²) in [5.74, 6) is -1.20. The topological polar surface area (TPSA) is 55.4 Å². The lowest BCUT2D eigenvalue weighted by molar-refractivity contribution is 0.0910. The molecule has 0 spiro atoms. The molecule has 0 heterocycles. The summed E-state index contributed by atoms with van der Waals surface area (Å²) < 4.78 is 19.2. The van der Waals surface area contributed by atoms with E-state index in [2.05, 4.69) is 5.32 Å². The summed E-state index contributed by atoms with van der Waals surface area (Å²) in [7, 11) is 0. The maximum Gasteiger partial charge on any atom is 0.259 e. The zero-order chi connectivity index (χ0) is 18.4. The van der Waals surface area contributed by atoms with Gasteiger partial charge in [-0.25, -0.2) is 4.39 Å². The van der Waals surface area contributed by atoms with Gasteiger partial charge in [0.1, 0.15) is 11.6 Å². The maximum absolute atomic E-state index is 13.7. The van der Waals surface area contributed by atoms with E-state index in [9.17, 15) is 14.0 Å². The number of rotatable bonds is 6. The molecule has 0 aliphatic rings. The Morgan fingerprint density at radius 3 is 2.15 bits per heavy atom. The molecule has 0 unspecified atom stereocenters. The number of carbonyl (C=O) groups is 2. The molecule has 0 radical (unpaired) electrons. The van der Waals surface area contributed by atoms with Gasteiger partial charge in [-0.3, -0.25) is 9.59 Å². The Labute approximate surface area is 150 Å². The van der Waals surface area contributed by atoms with Crippen LogP contribution in [0, 0.1) is 5.82 Å². The third-order valence-corrected chi connectivity index (χ3v) is 3.70. The van der Waals surface area contributed by atoms with Crippen molar-refractivity contribution in [2.45, 2.75) is 0 Å². The van der Waals surface area contributed by atoms with Gasteiger partial charge in [-0.15, -0.1) is 0 Å². The molecule has 0 saturated carbocycles. The molecule has 26 heavy (non-hydrogen) atoms. The lowest BCUT2D eigenvalue weighted by atomic mass is 10.1. The van der Waals surface area contributed by atoms with E-state index in [1.807, 2.05) is 18.2 Å². The van der Waals surface area contributed by atoms with Crippen molar-refractivity contribution in [3.05, 3.63) is 95.8 Å². The normalized spacial score (nSPS) is 10.2. The van der Waals surface area contributed by atoms with Gasteiger partial charge in [-0.05, 0) is 36.4 Å². The van der Waals surface area contributed by atoms with E-state index in [0.29, 0.717) is 5.69 Å². The van der Waals surface area contributed by atoms with Crippen molar-refractivity contribution in [2.75, 3.05) is 11.9 Å². The summed E-state index contributed by atoms with van der Waals surface area (Å²) >= 11 is 0. The lowest BCUT2D eigenvalue weighted by Crippen LogP contribution is -2.17. The summed E-state index contributed by atoms with van der Waals surface area (Å²) in [5, 5.41) is 2.76. The van der Waals surface area contributed by atoms with Gasteiger partial charge in [0.2, 0.25) is 5.78 Å². The van der Waals surface area contributed by atoms with Crippen LogP contribution in [0.25, 0.3) is 0 Å². The number of nitrogens with one attached hydrogen (secondary N) is 1. The van der Waals surface area contributed by atoms with Gasteiger partial charge in [0.15, 0.2) is 6.61 Å². The Bertz CT molecular complexity index is 925. The summed E-state index contributed by atoms with van der Waals surface area (Å²) in [6, 6.07) is 21.3. The van der Waals surface area contributed by atoms with Gasteiger partial charge >= 0.3 is 0 Å². The highest BCUT2D eigenvalue weighted by atomic mass is 19.1. The fraction of sp³-hybridized carbons (Fsp3) is 0.0476. The number of anilines is 1. The number of hydrogen-bond donors (Lipinski definition) is 1. The lowest BCUT2D eigenvalue weighted by Gasteiger charge is -2.11. The Morgan fingerprint density at radius 1 is 0.808 bits per heavy atom. The second kappa shape index (κ2) is 8.07. The molecule has 0 fully saturated rings. The number of hydrogen-bond acceptors (Lipinski definition) is 3. The molecule has 1 N–H and O–H groups in total. The third kappa shape index (κ3) is 4.13. The second-order valence-electron chi connectivity index (χ2n) is 5.51. The van der Waals surface area contributed by atoms with Crippen molar-refractivity contribution in [2.24, 2.45) is 0 Å². The van der Waals surface area contributed by atoms with Crippen LogP contribution in [0.5, 0.6) is 5.75 Å². The van der Waals surface area contributed by atoms with Crippen LogP contribution in [-0.4, -0.2) is 18.3 Å². The molecule has 0 saturated heterocycles. The van der Waals surface area contributed by atoms with E-state index in [1.165, 1.54) is 18.2 Å². The smallest absolute Gasteiger partial charge is 0.259 e. The number of para-hydroxylation sites is 2. The van der Waals surface area contributed by atoms with Crippen LogP contribution >= 0.6 is 0 Å². The van der Waals surface area contributed by atoms with Gasteiger partial charge in [0, 0.05) is 5.69 Å². The Kier molecular flexibility index (Phi) is 5.39. The average molecular weight is 349 g/mol. The van der Waals surface area contributed by atoms with Crippen molar-refractivity contribution >= 4 is 17.4 Å². The van der Waals surface area contributed by atoms with E-state index in [1.54, 1.807) is 42.5 Å². The van der Waals surface area contributed by atoms with Crippen LogP contribution < -0.4 is 10.1 Å². The average Bonchev–Trinajstić information content (AvgIpc) is 2.67. The first-order chi connectivity index (χ1) is 12.6. The van der Waals surface area contributed by atoms with Crippen LogP contribution in [0.2, 0.25) is 0 Å². The number of halogens is 1. The molecule has 0 atom stereocenters. The minimum Gasteiger partial charge on any atom is -0.485 e. The maximum atomic E-state index is 13.7. The largest absolute Gasteiger partial charge is 0.485 e. The molecular weight excluding hydrogens is 333 g/mol. The number of carbonyl (C=O) groups excluding carboxylic acids is 2. The van der Waals surface area contributed by atoms with Crippen LogP contribution in [-0.2, 0) is 0 Å². The molecule has 4 nitrogen and oxygen atoms in total. The molecule has 0 bridgehead atoms. The highest BCUT2D eigenvalue weighted by molar-refractivity contribution is 6.06. The highest BCUT2D eigenvalue weighted by Crippen LogP contribution is 2.20. The van der Waals surface area contributed by atoms with E-state index < -0.39 is 11.6 Å². The highest BCUT2D eigenvalue weighted by Gasteiger charge is 2.15. The Balaban J connectivity index is 1.72. The van der Waals surface area contributed by atoms with Crippen molar-refractivity contribution in [3.8, 4) is 5.75 Å². The molecule has 5 heteroatoms. The van der Waals surface area contributed by atoms with Gasteiger partial charge in [0.25, 0.3) is 5.91 Å². The zero-order valence-electron chi connectivity index (χ0n) is 13.8. The van der Waals surface area contributed by atoms with Crippen molar-refractivity contribution in [1.82, 2.24) is 0 Å². The molecule has 3 aromatic rings. The van der Waals surface area contributed by atoms with E-state index in [-0.39, 0.29) is 29.4 Å². The Hall–Kier alpha value is -3.47. The minimum absolute atomic E-state index is 0.0429. The number of ketones is 1. The van der Waals surface area contributed by atoms with Crippen LogP contribution in [0.1, 0.15) is 20.7 Å². The predicted octanol–water partition coefficient (Wildman–Crippen LogP) is 4.34. The number of ether oxygens (including phenoxy) is 1. The summed E-state index contributed by atoms with van der Waals surface area (Å²) in [5.41, 5.74) is 0.895. The standard InChI is InChI=1S/C21H16FNO3/c22-18-12-6-4-10-16(18)19(24)14-26-20-13-7-5-11-17(20)21(25)23-15-8-2-1-3-9-15/h1-13H,14H2,(H,23,25). The van der Waals surface area contributed by atoms with Gasteiger partial charge in [-0.2, -0.15) is 0 Å². The molecule has 130 valence electrons. The van der Waals surface area contributed by atoms with E-state index in [4.69, 9.17) is 4.74 Å². The number of Topliss-reactive ketones (excluding diaryl/α,β-unsaturated/α-hetero) is 1. The fourth-order valence-electron chi connectivity index (χ4n) is 2.41. The molecular formula is C21H16FNO3. The molecule has 0 aliphatic heterocycles. The molecule has 0 aliphatic carbocycles. The zero-order valence-corrected chi connectivity index (χ0v) is 13.8. The number of amides is 1. The molecule has 0 aromatic heterocycles. The van der Waals surface area contributed by atoms with Crippen LogP contribution in [0.3, 0.4) is 0 Å². The monoisotopic (exact) mass is 349 g/mol. The quantitative estimate of drug-likeness (QED) is 0.674.